The summed E-state index contributed by atoms with van der Waals surface area (Å²) in [6.45, 7) is 0.775. The fourth-order valence-electron chi connectivity index (χ4n) is 2.12. The highest BCUT2D eigenvalue weighted by molar-refractivity contribution is 5.95. The summed E-state index contributed by atoms with van der Waals surface area (Å²) in [6, 6.07) is 3.25. The number of carboxylic acids is 1. The van der Waals surface area contributed by atoms with Gasteiger partial charge in [-0.25, -0.2) is 4.39 Å². The number of hydrogen-bond donors (Lipinski definition) is 2. The Kier molecular flexibility index (Phi) is 4.19. The third-order valence-corrected chi connectivity index (χ3v) is 3.15. The predicted molar refractivity (Wildman–Crippen MR) is 68.7 cm³/mol. The van der Waals surface area contributed by atoms with E-state index in [4.69, 9.17) is 15.6 Å². The number of carbonyl (C=O) groups is 2. The standard InChI is InChI=1S/C13H15FN2O4/c14-10-5-8(1-2-11(10)15)13(19)16-3-4-20-7-9(16)6-12(17)18/h1-2,5,9H,3-4,6-7,15H2,(H,17,18). The second-order valence-electron chi connectivity index (χ2n) is 4.56. The van der Waals surface area contributed by atoms with E-state index in [-0.39, 0.29) is 30.8 Å². The summed E-state index contributed by atoms with van der Waals surface area (Å²) in [5.41, 5.74) is 5.47. The van der Waals surface area contributed by atoms with Gasteiger partial charge in [0.2, 0.25) is 0 Å². The minimum Gasteiger partial charge on any atom is -0.481 e. The van der Waals surface area contributed by atoms with Crippen LogP contribution in [0.4, 0.5) is 10.1 Å². The molecule has 0 radical (unpaired) electrons. The first-order chi connectivity index (χ1) is 9.49. The van der Waals surface area contributed by atoms with Crippen molar-refractivity contribution in [1.29, 1.82) is 0 Å². The summed E-state index contributed by atoms with van der Waals surface area (Å²) < 4.78 is 18.6. The van der Waals surface area contributed by atoms with E-state index in [1.54, 1.807) is 0 Å². The number of halogens is 1. The molecule has 1 atom stereocenters. The highest BCUT2D eigenvalue weighted by Gasteiger charge is 2.30. The van der Waals surface area contributed by atoms with Gasteiger partial charge in [0.15, 0.2) is 0 Å². The lowest BCUT2D eigenvalue weighted by Gasteiger charge is -2.34. The molecular formula is C13H15FN2O4. The van der Waals surface area contributed by atoms with Crippen molar-refractivity contribution in [2.75, 3.05) is 25.5 Å². The molecule has 0 spiro atoms. The minimum absolute atomic E-state index is 0.0365. The number of nitrogens with zero attached hydrogens (tertiary/aromatic N) is 1. The fraction of sp³-hybridized carbons (Fsp3) is 0.385. The Hall–Kier alpha value is -2.15. The smallest absolute Gasteiger partial charge is 0.305 e. The number of amides is 1. The number of anilines is 1. The van der Waals surface area contributed by atoms with Gasteiger partial charge in [-0.15, -0.1) is 0 Å². The third kappa shape index (κ3) is 3.05. The Bertz CT molecular complexity index is 535. The van der Waals surface area contributed by atoms with E-state index in [1.807, 2.05) is 0 Å². The van der Waals surface area contributed by atoms with Crippen molar-refractivity contribution < 1.29 is 23.8 Å². The molecule has 2 rings (SSSR count). The number of nitrogen functional groups attached to an aromatic ring is 1. The molecule has 1 amide bonds. The molecule has 1 unspecified atom stereocenters. The number of carboxylic acid groups (broad SMARTS) is 1. The van der Waals surface area contributed by atoms with Gasteiger partial charge in [-0.1, -0.05) is 0 Å². The molecule has 3 N–H and O–H groups in total. The third-order valence-electron chi connectivity index (χ3n) is 3.15. The Morgan fingerprint density at radius 2 is 2.25 bits per heavy atom. The van der Waals surface area contributed by atoms with E-state index in [0.717, 1.165) is 6.07 Å². The van der Waals surface area contributed by atoms with Crippen molar-refractivity contribution in [2.45, 2.75) is 12.5 Å². The van der Waals surface area contributed by atoms with Crippen LogP contribution in [-0.4, -0.2) is 47.7 Å². The summed E-state index contributed by atoms with van der Waals surface area (Å²) in [5, 5.41) is 8.85. The first kappa shape index (κ1) is 14.3. The fourth-order valence-corrected chi connectivity index (χ4v) is 2.12. The molecule has 7 heteroatoms. The quantitative estimate of drug-likeness (QED) is 0.797. The normalized spacial score (nSPS) is 18.9. The number of benzene rings is 1. The van der Waals surface area contributed by atoms with Crippen LogP contribution in [0.5, 0.6) is 0 Å². The van der Waals surface area contributed by atoms with Crippen LogP contribution < -0.4 is 5.73 Å². The second kappa shape index (κ2) is 5.87. The van der Waals surface area contributed by atoms with Gasteiger partial charge in [-0.2, -0.15) is 0 Å². The van der Waals surface area contributed by atoms with Crippen molar-refractivity contribution in [3.05, 3.63) is 29.6 Å². The van der Waals surface area contributed by atoms with Crippen LogP contribution in [0.2, 0.25) is 0 Å². The molecule has 1 heterocycles. The van der Waals surface area contributed by atoms with Crippen molar-refractivity contribution in [3.8, 4) is 0 Å². The van der Waals surface area contributed by atoms with Gasteiger partial charge in [0, 0.05) is 12.1 Å². The van der Waals surface area contributed by atoms with Gasteiger partial charge in [0.05, 0.1) is 31.4 Å². The number of aliphatic carboxylic acids is 1. The Labute approximate surface area is 114 Å². The van der Waals surface area contributed by atoms with Gasteiger partial charge < -0.3 is 20.5 Å². The van der Waals surface area contributed by atoms with Crippen molar-refractivity contribution in [1.82, 2.24) is 4.90 Å². The van der Waals surface area contributed by atoms with Crippen molar-refractivity contribution in [2.24, 2.45) is 0 Å². The van der Waals surface area contributed by atoms with E-state index in [1.165, 1.54) is 17.0 Å². The number of hydrogen-bond acceptors (Lipinski definition) is 4. The second-order valence-corrected chi connectivity index (χ2v) is 4.56. The summed E-state index contributed by atoms with van der Waals surface area (Å²) in [5.74, 6) is -2.10. The van der Waals surface area contributed by atoms with Crippen LogP contribution in [0, 0.1) is 5.82 Å². The molecule has 1 aliphatic rings. The summed E-state index contributed by atoms with van der Waals surface area (Å²) in [7, 11) is 0. The molecule has 108 valence electrons. The Morgan fingerprint density at radius 3 is 2.90 bits per heavy atom. The van der Waals surface area contributed by atoms with Gasteiger partial charge in [-0.05, 0) is 18.2 Å². The number of carbonyl (C=O) groups excluding carboxylic acids is 1. The average molecular weight is 282 g/mol. The zero-order valence-electron chi connectivity index (χ0n) is 10.7. The molecule has 20 heavy (non-hydrogen) atoms. The lowest BCUT2D eigenvalue weighted by molar-refractivity contribution is -0.139. The van der Waals surface area contributed by atoms with Gasteiger partial charge in [0.25, 0.3) is 5.91 Å². The molecule has 0 saturated carbocycles. The maximum atomic E-state index is 13.4. The molecular weight excluding hydrogens is 267 g/mol. The Morgan fingerprint density at radius 1 is 1.50 bits per heavy atom. The zero-order chi connectivity index (χ0) is 14.7. The van der Waals surface area contributed by atoms with E-state index in [9.17, 15) is 14.0 Å². The average Bonchev–Trinajstić information content (AvgIpc) is 2.41. The van der Waals surface area contributed by atoms with Crippen LogP contribution in [-0.2, 0) is 9.53 Å². The van der Waals surface area contributed by atoms with E-state index in [2.05, 4.69) is 0 Å². The Balaban J connectivity index is 2.20. The summed E-state index contributed by atoms with van der Waals surface area (Å²) >= 11 is 0. The first-order valence-corrected chi connectivity index (χ1v) is 6.14. The topological polar surface area (TPSA) is 92.9 Å². The first-order valence-electron chi connectivity index (χ1n) is 6.14. The lowest BCUT2D eigenvalue weighted by Crippen LogP contribution is -2.49. The molecule has 1 fully saturated rings. The monoisotopic (exact) mass is 282 g/mol. The highest BCUT2D eigenvalue weighted by atomic mass is 19.1. The molecule has 0 bridgehead atoms. The van der Waals surface area contributed by atoms with Crippen molar-refractivity contribution in [3.63, 3.8) is 0 Å². The van der Waals surface area contributed by atoms with E-state index < -0.39 is 23.7 Å². The zero-order valence-corrected chi connectivity index (χ0v) is 10.7. The molecule has 1 saturated heterocycles. The van der Waals surface area contributed by atoms with Crippen LogP contribution >= 0.6 is 0 Å². The van der Waals surface area contributed by atoms with Gasteiger partial charge in [0.1, 0.15) is 5.82 Å². The van der Waals surface area contributed by atoms with Crippen LogP contribution in [0.25, 0.3) is 0 Å². The van der Waals surface area contributed by atoms with Crippen molar-refractivity contribution >= 4 is 17.6 Å². The SMILES string of the molecule is Nc1ccc(C(=O)N2CCOCC2CC(=O)O)cc1F. The van der Waals surface area contributed by atoms with E-state index >= 15 is 0 Å². The predicted octanol–water partition coefficient (Wildman–Crippen LogP) is 0.724. The molecule has 0 aliphatic carbocycles. The lowest BCUT2D eigenvalue weighted by atomic mass is 10.1. The van der Waals surface area contributed by atoms with E-state index in [0.29, 0.717) is 6.61 Å². The van der Waals surface area contributed by atoms with Crippen LogP contribution in [0.15, 0.2) is 18.2 Å². The summed E-state index contributed by atoms with van der Waals surface area (Å²) in [6.07, 6.45) is -0.205. The number of morpholine rings is 1. The maximum Gasteiger partial charge on any atom is 0.305 e. The largest absolute Gasteiger partial charge is 0.481 e. The number of nitrogens with two attached hydrogens (primary N) is 1. The maximum absolute atomic E-state index is 13.4. The molecule has 1 aromatic carbocycles. The molecule has 1 aromatic rings. The molecule has 6 nitrogen and oxygen atoms in total. The number of ether oxygens (including phenoxy) is 1. The van der Waals surface area contributed by atoms with Gasteiger partial charge in [-0.3, -0.25) is 9.59 Å². The minimum atomic E-state index is -1.01. The van der Waals surface area contributed by atoms with Gasteiger partial charge >= 0.3 is 5.97 Å². The van der Waals surface area contributed by atoms with Crippen LogP contribution in [0.1, 0.15) is 16.8 Å². The summed E-state index contributed by atoms with van der Waals surface area (Å²) in [4.78, 5) is 24.5. The molecule has 0 aromatic heterocycles. The highest BCUT2D eigenvalue weighted by Crippen LogP contribution is 2.18. The van der Waals surface area contributed by atoms with Crippen LogP contribution in [0.3, 0.4) is 0 Å². The molecule has 1 aliphatic heterocycles. The number of rotatable bonds is 3.